The molecule has 176 valence electrons. The fraction of sp³-hybridized carbons (Fsp3) is 0.292. The molecule has 34 heavy (non-hydrogen) atoms. The van der Waals surface area contributed by atoms with Gasteiger partial charge in [0.2, 0.25) is 0 Å². The SMILES string of the molecule is CC(C)(C)OC(=O)N1C=CC(C2=NC(NC(=O)Nc3csc(-c4ccncc4)n3)C=CC2)=CC1. The molecule has 2 aliphatic rings. The number of hydrogen-bond donors (Lipinski definition) is 2. The second-order valence-corrected chi connectivity index (χ2v) is 9.49. The van der Waals surface area contributed by atoms with E-state index in [4.69, 9.17) is 4.74 Å². The average Bonchev–Trinajstić information content (AvgIpc) is 3.27. The summed E-state index contributed by atoms with van der Waals surface area (Å²) in [7, 11) is 0. The van der Waals surface area contributed by atoms with E-state index in [-0.39, 0.29) is 0 Å². The van der Waals surface area contributed by atoms with Gasteiger partial charge in [0.25, 0.3) is 0 Å². The number of rotatable bonds is 4. The molecule has 2 aliphatic heterocycles. The van der Waals surface area contributed by atoms with E-state index in [1.807, 2.05) is 57.2 Å². The Kier molecular flexibility index (Phi) is 6.87. The number of aliphatic imine (C=N–C) groups is 1. The van der Waals surface area contributed by atoms with Crippen molar-refractivity contribution in [1.29, 1.82) is 0 Å². The molecule has 9 nitrogen and oxygen atoms in total. The fourth-order valence-corrected chi connectivity index (χ4v) is 4.01. The molecule has 0 fully saturated rings. The molecule has 1 atom stereocenters. The van der Waals surface area contributed by atoms with Crippen LogP contribution in [-0.2, 0) is 4.74 Å². The lowest BCUT2D eigenvalue weighted by molar-refractivity contribution is 0.0350. The third-order valence-electron chi connectivity index (χ3n) is 4.78. The number of aromatic nitrogens is 2. The molecule has 0 saturated heterocycles. The summed E-state index contributed by atoms with van der Waals surface area (Å²) in [6.07, 6.45) is 12.4. The van der Waals surface area contributed by atoms with Gasteiger partial charge in [-0.3, -0.25) is 20.2 Å². The van der Waals surface area contributed by atoms with Crippen LogP contribution in [0.1, 0.15) is 27.2 Å². The van der Waals surface area contributed by atoms with Crippen LogP contribution in [0.15, 0.2) is 71.0 Å². The summed E-state index contributed by atoms with van der Waals surface area (Å²) in [5.74, 6) is 0.471. The summed E-state index contributed by atoms with van der Waals surface area (Å²) in [6, 6.07) is 3.34. The van der Waals surface area contributed by atoms with Crippen molar-refractivity contribution in [1.82, 2.24) is 20.2 Å². The predicted molar refractivity (Wildman–Crippen MR) is 133 cm³/mol. The van der Waals surface area contributed by atoms with Gasteiger partial charge < -0.3 is 10.1 Å². The number of dihydropyridines is 1. The Morgan fingerprint density at radius 1 is 1.24 bits per heavy atom. The van der Waals surface area contributed by atoms with Gasteiger partial charge in [0.05, 0.1) is 0 Å². The first-order valence-electron chi connectivity index (χ1n) is 10.8. The molecule has 0 radical (unpaired) electrons. The van der Waals surface area contributed by atoms with E-state index in [2.05, 4.69) is 25.6 Å². The molecule has 2 aromatic rings. The van der Waals surface area contributed by atoms with E-state index < -0.39 is 23.9 Å². The van der Waals surface area contributed by atoms with Crippen molar-refractivity contribution >= 4 is 35.0 Å². The largest absolute Gasteiger partial charge is 0.443 e. The number of carbonyl (C=O) groups excluding carboxylic acids is 2. The van der Waals surface area contributed by atoms with Gasteiger partial charge in [-0.15, -0.1) is 11.3 Å². The molecule has 1 unspecified atom stereocenters. The van der Waals surface area contributed by atoms with Crippen molar-refractivity contribution in [2.45, 2.75) is 39.0 Å². The van der Waals surface area contributed by atoms with Gasteiger partial charge in [0.1, 0.15) is 22.6 Å². The van der Waals surface area contributed by atoms with Crippen LogP contribution in [0.3, 0.4) is 0 Å². The second kappa shape index (κ2) is 10.0. The minimum atomic E-state index is -0.550. The van der Waals surface area contributed by atoms with E-state index in [1.54, 1.807) is 24.0 Å². The van der Waals surface area contributed by atoms with Crippen molar-refractivity contribution in [3.63, 3.8) is 0 Å². The molecule has 3 amide bonds. The smallest absolute Gasteiger partial charge is 0.414 e. The minimum Gasteiger partial charge on any atom is -0.443 e. The van der Waals surface area contributed by atoms with Gasteiger partial charge in [0, 0.05) is 48.2 Å². The zero-order chi connectivity index (χ0) is 24.1. The number of nitrogens with zero attached hydrogens (tertiary/aromatic N) is 4. The third-order valence-corrected chi connectivity index (χ3v) is 5.67. The first-order valence-corrected chi connectivity index (χ1v) is 11.7. The maximum atomic E-state index is 12.5. The molecule has 0 aromatic carbocycles. The molecule has 0 aliphatic carbocycles. The Morgan fingerprint density at radius 3 is 2.74 bits per heavy atom. The highest BCUT2D eigenvalue weighted by Crippen LogP contribution is 2.25. The number of pyridine rings is 1. The summed E-state index contributed by atoms with van der Waals surface area (Å²) in [4.78, 5) is 39.3. The van der Waals surface area contributed by atoms with Gasteiger partial charge in [-0.25, -0.2) is 14.6 Å². The molecule has 2 N–H and O–H groups in total. The van der Waals surface area contributed by atoms with Gasteiger partial charge in [-0.05, 0) is 50.6 Å². The first-order chi connectivity index (χ1) is 16.3. The van der Waals surface area contributed by atoms with E-state index in [9.17, 15) is 9.59 Å². The molecular weight excluding hydrogens is 452 g/mol. The van der Waals surface area contributed by atoms with E-state index >= 15 is 0 Å². The maximum Gasteiger partial charge on any atom is 0.414 e. The van der Waals surface area contributed by atoms with Gasteiger partial charge >= 0.3 is 12.1 Å². The lowest BCUT2D eigenvalue weighted by atomic mass is 10.0. The third kappa shape index (κ3) is 6.16. The molecule has 4 rings (SSSR count). The Balaban J connectivity index is 1.33. The monoisotopic (exact) mass is 478 g/mol. The normalized spacial score (nSPS) is 17.6. The number of urea groups is 1. The second-order valence-electron chi connectivity index (χ2n) is 8.63. The van der Waals surface area contributed by atoms with Crippen LogP contribution in [0.2, 0.25) is 0 Å². The van der Waals surface area contributed by atoms with Crippen molar-refractivity contribution in [2.75, 3.05) is 11.9 Å². The van der Waals surface area contributed by atoms with Gasteiger partial charge in [0.15, 0.2) is 0 Å². The van der Waals surface area contributed by atoms with Gasteiger partial charge in [-0.1, -0.05) is 12.2 Å². The zero-order valence-electron chi connectivity index (χ0n) is 19.2. The Hall–Kier alpha value is -3.79. The van der Waals surface area contributed by atoms with Crippen molar-refractivity contribution in [3.8, 4) is 10.6 Å². The number of ether oxygens (including phenoxy) is 1. The van der Waals surface area contributed by atoms with E-state index in [0.717, 1.165) is 21.9 Å². The first kappa shape index (κ1) is 23.4. The topological polar surface area (TPSA) is 109 Å². The molecule has 0 bridgehead atoms. The highest BCUT2D eigenvalue weighted by Gasteiger charge is 2.23. The summed E-state index contributed by atoms with van der Waals surface area (Å²) >= 11 is 1.44. The fourth-order valence-electron chi connectivity index (χ4n) is 3.26. The molecule has 0 spiro atoms. The van der Waals surface area contributed by atoms with E-state index in [0.29, 0.717) is 18.8 Å². The average molecular weight is 479 g/mol. The van der Waals surface area contributed by atoms with Crippen molar-refractivity contribution in [3.05, 3.63) is 66.0 Å². The van der Waals surface area contributed by atoms with Gasteiger partial charge in [-0.2, -0.15) is 0 Å². The summed E-state index contributed by atoms with van der Waals surface area (Å²) in [5, 5.41) is 8.17. The lowest BCUT2D eigenvalue weighted by Gasteiger charge is -2.26. The lowest BCUT2D eigenvalue weighted by Crippen LogP contribution is -2.37. The number of carbonyl (C=O) groups is 2. The van der Waals surface area contributed by atoms with Crippen LogP contribution in [0, 0.1) is 0 Å². The number of hydrogen-bond acceptors (Lipinski definition) is 7. The van der Waals surface area contributed by atoms with Crippen LogP contribution in [-0.4, -0.2) is 51.0 Å². The Bertz CT molecular complexity index is 1180. The highest BCUT2D eigenvalue weighted by atomic mass is 32.1. The van der Waals surface area contributed by atoms with Crippen molar-refractivity contribution < 1.29 is 14.3 Å². The summed E-state index contributed by atoms with van der Waals surface area (Å²) in [6.45, 7) is 5.90. The molecule has 4 heterocycles. The maximum absolute atomic E-state index is 12.5. The number of nitrogens with one attached hydrogen (secondary N) is 2. The molecule has 2 aromatic heterocycles. The quantitative estimate of drug-likeness (QED) is 0.617. The molecule has 10 heteroatoms. The van der Waals surface area contributed by atoms with Crippen molar-refractivity contribution in [2.24, 2.45) is 4.99 Å². The number of amides is 3. The molecular formula is C24H26N6O3S. The zero-order valence-corrected chi connectivity index (χ0v) is 20.0. The van der Waals surface area contributed by atoms with Crippen LogP contribution < -0.4 is 10.6 Å². The van der Waals surface area contributed by atoms with Crippen LogP contribution in [0.5, 0.6) is 0 Å². The predicted octanol–water partition coefficient (Wildman–Crippen LogP) is 4.74. The molecule has 0 saturated carbocycles. The highest BCUT2D eigenvalue weighted by molar-refractivity contribution is 7.13. The minimum absolute atomic E-state index is 0.393. The van der Waals surface area contributed by atoms with Crippen LogP contribution in [0.25, 0.3) is 10.6 Å². The van der Waals surface area contributed by atoms with E-state index in [1.165, 1.54) is 16.2 Å². The van der Waals surface area contributed by atoms with Crippen LogP contribution in [0.4, 0.5) is 15.4 Å². The Labute approximate surface area is 202 Å². The standard InChI is InChI=1S/C24H26N6O3S/c1-24(2,3)33-23(32)30-13-9-16(10-14-30)18-5-4-6-19(26-18)28-22(31)29-20-15-34-21(27-20)17-7-11-25-12-8-17/h4,6-13,15,19H,5,14H2,1-3H3,(H2,28,29,31). The summed E-state index contributed by atoms with van der Waals surface area (Å²) in [5.41, 5.74) is 2.14. The number of anilines is 1. The van der Waals surface area contributed by atoms with Crippen LogP contribution >= 0.6 is 11.3 Å². The number of allylic oxidation sites excluding steroid dienone is 3. The number of thiazole rings is 1. The summed E-state index contributed by atoms with van der Waals surface area (Å²) < 4.78 is 5.40. The Morgan fingerprint density at radius 2 is 2.03 bits per heavy atom.